The first-order valence-corrected chi connectivity index (χ1v) is 9.06. The molecule has 0 unspecified atom stereocenters. The Morgan fingerprint density at radius 1 is 1.19 bits per heavy atom. The van der Waals surface area contributed by atoms with E-state index in [1.165, 1.54) is 20.0 Å². The molecule has 1 aromatic carbocycles. The lowest BCUT2D eigenvalue weighted by atomic mass is 9.86. The molecule has 6 heteroatoms. The third kappa shape index (κ3) is 6.02. The average molecular weight is 365 g/mol. The van der Waals surface area contributed by atoms with E-state index in [4.69, 9.17) is 4.74 Å². The number of phenolic OH excluding ortho intramolecular Hbond substituents is 1. The van der Waals surface area contributed by atoms with Crippen molar-refractivity contribution in [1.29, 1.82) is 0 Å². The summed E-state index contributed by atoms with van der Waals surface area (Å²) in [4.78, 5) is 23.4. The quantitative estimate of drug-likeness (QED) is 0.283. The van der Waals surface area contributed by atoms with Crippen LogP contribution >= 0.6 is 0 Å². The smallest absolute Gasteiger partial charge is 0.251 e. The lowest BCUT2D eigenvalue weighted by Gasteiger charge is -2.25. The highest BCUT2D eigenvalue weighted by molar-refractivity contribution is 5.97. The van der Waals surface area contributed by atoms with E-state index >= 15 is 0 Å². The monoisotopic (exact) mass is 365 g/mol. The SMILES string of the molecule is CCc1cc(C(C)=O)c(O)cc1OCCCCCC(C)(C)C(=O)N(C)O. The Bertz CT molecular complexity index is 637. The first kappa shape index (κ1) is 22.0. The molecule has 146 valence electrons. The molecule has 26 heavy (non-hydrogen) atoms. The standard InChI is InChI=1S/C20H31NO5/c1-6-15-12-16(14(2)22)17(23)13-18(15)26-11-9-7-8-10-20(3,4)19(24)21(5)25/h12-13,23,25H,6-11H2,1-5H3. The highest BCUT2D eigenvalue weighted by Gasteiger charge is 2.29. The fraction of sp³-hybridized carbons (Fsp3) is 0.600. The molecular formula is C20H31NO5. The summed E-state index contributed by atoms with van der Waals surface area (Å²) in [5.41, 5.74) is 0.620. The van der Waals surface area contributed by atoms with E-state index in [9.17, 15) is 19.9 Å². The van der Waals surface area contributed by atoms with Crippen LogP contribution in [0.5, 0.6) is 11.5 Å². The zero-order chi connectivity index (χ0) is 19.9. The topological polar surface area (TPSA) is 87.1 Å². The summed E-state index contributed by atoms with van der Waals surface area (Å²) in [6.07, 6.45) is 3.96. The molecule has 1 amide bonds. The number of carbonyl (C=O) groups excluding carboxylic acids is 2. The molecule has 0 saturated heterocycles. The van der Waals surface area contributed by atoms with Gasteiger partial charge in [0.1, 0.15) is 11.5 Å². The van der Waals surface area contributed by atoms with Gasteiger partial charge in [0.15, 0.2) is 5.78 Å². The molecule has 6 nitrogen and oxygen atoms in total. The number of hydrogen-bond donors (Lipinski definition) is 2. The van der Waals surface area contributed by atoms with Gasteiger partial charge < -0.3 is 9.84 Å². The van der Waals surface area contributed by atoms with E-state index in [1.54, 1.807) is 6.07 Å². The molecule has 0 atom stereocenters. The number of carbonyl (C=O) groups is 2. The van der Waals surface area contributed by atoms with Crippen molar-refractivity contribution in [3.8, 4) is 11.5 Å². The maximum atomic E-state index is 11.9. The Morgan fingerprint density at radius 2 is 1.85 bits per heavy atom. The van der Waals surface area contributed by atoms with Crippen molar-refractivity contribution in [3.63, 3.8) is 0 Å². The highest BCUT2D eigenvalue weighted by atomic mass is 16.5. The number of amides is 1. The Labute approximate surface area is 155 Å². The van der Waals surface area contributed by atoms with Crippen molar-refractivity contribution in [1.82, 2.24) is 5.06 Å². The zero-order valence-electron chi connectivity index (χ0n) is 16.5. The number of aromatic hydroxyl groups is 1. The van der Waals surface area contributed by atoms with Crippen LogP contribution in [0, 0.1) is 5.41 Å². The van der Waals surface area contributed by atoms with Gasteiger partial charge in [-0.15, -0.1) is 0 Å². The molecule has 0 aliphatic carbocycles. The second kappa shape index (κ2) is 9.57. The summed E-state index contributed by atoms with van der Waals surface area (Å²) >= 11 is 0. The number of benzene rings is 1. The van der Waals surface area contributed by atoms with Gasteiger partial charge in [0.2, 0.25) is 0 Å². The van der Waals surface area contributed by atoms with Crippen LogP contribution < -0.4 is 4.74 Å². The van der Waals surface area contributed by atoms with Gasteiger partial charge in [0, 0.05) is 18.5 Å². The van der Waals surface area contributed by atoms with Crippen molar-refractivity contribution in [2.45, 2.75) is 59.8 Å². The Kier molecular flexibility index (Phi) is 8.08. The molecule has 2 N–H and O–H groups in total. The fourth-order valence-corrected chi connectivity index (χ4v) is 2.88. The van der Waals surface area contributed by atoms with Crippen LogP contribution in [0.25, 0.3) is 0 Å². The van der Waals surface area contributed by atoms with Gasteiger partial charge in [0.05, 0.1) is 12.2 Å². The third-order valence-corrected chi connectivity index (χ3v) is 4.52. The van der Waals surface area contributed by atoms with Gasteiger partial charge in [-0.1, -0.05) is 33.6 Å². The maximum absolute atomic E-state index is 11.9. The molecule has 0 saturated carbocycles. The number of hydroxylamine groups is 2. The van der Waals surface area contributed by atoms with Crippen LogP contribution in [-0.2, 0) is 11.2 Å². The number of rotatable bonds is 10. The minimum Gasteiger partial charge on any atom is -0.507 e. The number of unbranched alkanes of at least 4 members (excludes halogenated alkanes) is 2. The van der Waals surface area contributed by atoms with Gasteiger partial charge in [-0.25, -0.2) is 5.06 Å². The van der Waals surface area contributed by atoms with E-state index in [0.717, 1.165) is 24.8 Å². The van der Waals surface area contributed by atoms with Crippen molar-refractivity contribution >= 4 is 11.7 Å². The van der Waals surface area contributed by atoms with Crippen LogP contribution in [0.4, 0.5) is 0 Å². The lowest BCUT2D eigenvalue weighted by Crippen LogP contribution is -2.36. The average Bonchev–Trinajstić information content (AvgIpc) is 2.56. The summed E-state index contributed by atoms with van der Waals surface area (Å²) in [5, 5.41) is 19.9. The molecule has 0 aliphatic heterocycles. The lowest BCUT2D eigenvalue weighted by molar-refractivity contribution is -0.169. The summed E-state index contributed by atoms with van der Waals surface area (Å²) in [6, 6.07) is 3.20. The van der Waals surface area contributed by atoms with E-state index in [-0.39, 0.29) is 17.4 Å². The number of aryl methyl sites for hydroxylation is 1. The Morgan fingerprint density at radius 3 is 2.38 bits per heavy atom. The molecule has 0 fully saturated rings. The van der Waals surface area contributed by atoms with E-state index in [0.29, 0.717) is 35.8 Å². The maximum Gasteiger partial charge on any atom is 0.251 e. The van der Waals surface area contributed by atoms with Crippen molar-refractivity contribution in [2.24, 2.45) is 5.41 Å². The molecule has 1 aromatic rings. The molecule has 1 rings (SSSR count). The Balaban J connectivity index is 2.48. The second-order valence-electron chi connectivity index (χ2n) is 7.26. The van der Waals surface area contributed by atoms with Crippen LogP contribution in [0.15, 0.2) is 12.1 Å². The Hall–Kier alpha value is -2.08. The van der Waals surface area contributed by atoms with Crippen molar-refractivity contribution in [2.75, 3.05) is 13.7 Å². The number of ether oxygens (including phenoxy) is 1. The number of nitrogens with zero attached hydrogens (tertiary/aromatic N) is 1. The van der Waals surface area contributed by atoms with Gasteiger partial charge in [0.25, 0.3) is 5.91 Å². The van der Waals surface area contributed by atoms with Crippen molar-refractivity contribution < 1.29 is 24.6 Å². The zero-order valence-corrected chi connectivity index (χ0v) is 16.5. The number of hydrogen-bond acceptors (Lipinski definition) is 5. The normalized spacial score (nSPS) is 11.3. The number of phenols is 1. The number of ketones is 1. The molecule has 0 heterocycles. The summed E-state index contributed by atoms with van der Waals surface area (Å²) in [7, 11) is 1.34. The van der Waals surface area contributed by atoms with Gasteiger partial charge >= 0.3 is 0 Å². The predicted octanol–water partition coefficient (Wildman–Crippen LogP) is 3.97. The van der Waals surface area contributed by atoms with Gasteiger partial charge in [-0.3, -0.25) is 14.8 Å². The minimum absolute atomic E-state index is 0.0573. The van der Waals surface area contributed by atoms with E-state index in [2.05, 4.69) is 0 Å². The molecule has 0 radical (unpaired) electrons. The van der Waals surface area contributed by atoms with Gasteiger partial charge in [-0.2, -0.15) is 0 Å². The molecule has 0 spiro atoms. The van der Waals surface area contributed by atoms with Crippen molar-refractivity contribution in [3.05, 3.63) is 23.3 Å². The highest BCUT2D eigenvalue weighted by Crippen LogP contribution is 2.30. The molecule has 0 aromatic heterocycles. The van der Waals surface area contributed by atoms with Crippen LogP contribution in [0.1, 0.15) is 69.3 Å². The molecular weight excluding hydrogens is 334 g/mol. The van der Waals surface area contributed by atoms with Crippen LogP contribution in [-0.4, -0.2) is 40.7 Å². The number of Topliss-reactive ketones (excluding diaryl/α,β-unsaturated/α-hetero) is 1. The molecule has 0 aliphatic rings. The summed E-state index contributed by atoms with van der Waals surface area (Å²) in [5.74, 6) is 0.0855. The first-order chi connectivity index (χ1) is 12.1. The second-order valence-corrected chi connectivity index (χ2v) is 7.26. The van der Waals surface area contributed by atoms with Crippen LogP contribution in [0.3, 0.4) is 0 Å². The fourth-order valence-electron chi connectivity index (χ4n) is 2.88. The molecule has 0 bridgehead atoms. The minimum atomic E-state index is -0.589. The van der Waals surface area contributed by atoms with Crippen LogP contribution in [0.2, 0.25) is 0 Å². The third-order valence-electron chi connectivity index (χ3n) is 4.52. The summed E-state index contributed by atoms with van der Waals surface area (Å²) in [6.45, 7) is 7.55. The largest absolute Gasteiger partial charge is 0.507 e. The van der Waals surface area contributed by atoms with E-state index in [1.807, 2.05) is 20.8 Å². The van der Waals surface area contributed by atoms with Gasteiger partial charge in [-0.05, 0) is 37.8 Å². The summed E-state index contributed by atoms with van der Waals surface area (Å²) < 4.78 is 5.78. The van der Waals surface area contributed by atoms with E-state index < -0.39 is 5.41 Å². The first-order valence-electron chi connectivity index (χ1n) is 9.06. The predicted molar refractivity (Wildman–Crippen MR) is 99.8 cm³/mol.